The molecule has 184 valence electrons. The predicted molar refractivity (Wildman–Crippen MR) is 130 cm³/mol. The first-order valence-corrected chi connectivity index (χ1v) is 11.7. The molecule has 1 aromatic rings. The summed E-state index contributed by atoms with van der Waals surface area (Å²) in [6.45, 7) is 7.10. The molecule has 33 heavy (non-hydrogen) atoms. The second-order valence-electron chi connectivity index (χ2n) is 8.47. The Morgan fingerprint density at radius 3 is 1.97 bits per heavy atom. The van der Waals surface area contributed by atoms with E-state index in [-0.39, 0.29) is 24.0 Å². The van der Waals surface area contributed by atoms with Crippen molar-refractivity contribution >= 4 is 36.3 Å². The SMILES string of the molecule is CCC(C)C(N)C(=O)NC(Cc1ccccc1)C(=O)NC(CS)C(=O)NC(C(=O)O)C(C)C. The van der Waals surface area contributed by atoms with Crippen molar-refractivity contribution in [3.8, 4) is 0 Å². The minimum Gasteiger partial charge on any atom is -0.480 e. The van der Waals surface area contributed by atoms with E-state index in [1.807, 2.05) is 44.2 Å². The minimum absolute atomic E-state index is 0.0552. The Hall–Kier alpha value is -2.59. The van der Waals surface area contributed by atoms with Crippen LogP contribution in [0.4, 0.5) is 0 Å². The fourth-order valence-electron chi connectivity index (χ4n) is 3.07. The molecule has 0 fully saturated rings. The zero-order valence-corrected chi connectivity index (χ0v) is 20.5. The van der Waals surface area contributed by atoms with Crippen molar-refractivity contribution in [2.75, 3.05) is 5.75 Å². The quantitative estimate of drug-likeness (QED) is 0.229. The molecule has 1 aromatic carbocycles. The van der Waals surface area contributed by atoms with E-state index in [1.54, 1.807) is 13.8 Å². The molecule has 3 amide bonds. The molecule has 1 rings (SSSR count). The predicted octanol–water partition coefficient (Wildman–Crippen LogP) is 0.727. The number of benzene rings is 1. The van der Waals surface area contributed by atoms with Gasteiger partial charge < -0.3 is 26.8 Å². The van der Waals surface area contributed by atoms with E-state index in [4.69, 9.17) is 5.73 Å². The Kier molecular flexibility index (Phi) is 11.9. The number of hydrogen-bond donors (Lipinski definition) is 6. The third-order valence-electron chi connectivity index (χ3n) is 5.52. The van der Waals surface area contributed by atoms with Crippen molar-refractivity contribution in [1.29, 1.82) is 0 Å². The number of nitrogens with two attached hydrogens (primary N) is 1. The number of nitrogens with one attached hydrogen (secondary N) is 3. The van der Waals surface area contributed by atoms with Gasteiger partial charge in [-0.1, -0.05) is 64.4 Å². The van der Waals surface area contributed by atoms with Crippen molar-refractivity contribution in [3.05, 3.63) is 35.9 Å². The Bertz CT molecular complexity index is 805. The van der Waals surface area contributed by atoms with Crippen LogP contribution in [0.25, 0.3) is 0 Å². The third kappa shape index (κ3) is 9.05. The lowest BCUT2D eigenvalue weighted by atomic mass is 9.98. The summed E-state index contributed by atoms with van der Waals surface area (Å²) in [7, 11) is 0. The number of carbonyl (C=O) groups excluding carboxylic acids is 3. The molecule has 5 atom stereocenters. The molecule has 6 N–H and O–H groups in total. The van der Waals surface area contributed by atoms with E-state index in [0.717, 1.165) is 5.56 Å². The van der Waals surface area contributed by atoms with Gasteiger partial charge in [0.15, 0.2) is 0 Å². The highest BCUT2D eigenvalue weighted by Crippen LogP contribution is 2.09. The van der Waals surface area contributed by atoms with Crippen molar-refractivity contribution in [1.82, 2.24) is 16.0 Å². The highest BCUT2D eigenvalue weighted by Gasteiger charge is 2.31. The van der Waals surface area contributed by atoms with Gasteiger partial charge in [0.25, 0.3) is 0 Å². The number of carboxylic acid groups (broad SMARTS) is 1. The Labute approximate surface area is 200 Å². The maximum Gasteiger partial charge on any atom is 0.326 e. The van der Waals surface area contributed by atoms with Crippen molar-refractivity contribution in [3.63, 3.8) is 0 Å². The Morgan fingerprint density at radius 2 is 1.48 bits per heavy atom. The number of rotatable bonds is 13. The van der Waals surface area contributed by atoms with Crippen LogP contribution in [0.2, 0.25) is 0 Å². The lowest BCUT2D eigenvalue weighted by Gasteiger charge is -2.26. The number of hydrogen-bond acceptors (Lipinski definition) is 6. The van der Waals surface area contributed by atoms with Crippen LogP contribution in [0.5, 0.6) is 0 Å². The molecule has 0 aliphatic carbocycles. The molecule has 0 saturated carbocycles. The lowest BCUT2D eigenvalue weighted by Crippen LogP contribution is -2.59. The van der Waals surface area contributed by atoms with E-state index in [2.05, 4.69) is 28.6 Å². The van der Waals surface area contributed by atoms with Gasteiger partial charge in [0.05, 0.1) is 6.04 Å². The molecule has 9 nitrogen and oxygen atoms in total. The molecule has 5 unspecified atom stereocenters. The number of amides is 3. The van der Waals surface area contributed by atoms with Crippen LogP contribution in [0.3, 0.4) is 0 Å². The smallest absolute Gasteiger partial charge is 0.326 e. The fraction of sp³-hybridized carbons (Fsp3) is 0.565. The Balaban J connectivity index is 3.01. The molecular weight excluding hydrogens is 444 g/mol. The van der Waals surface area contributed by atoms with E-state index in [1.165, 1.54) is 0 Å². The summed E-state index contributed by atoms with van der Waals surface area (Å²) in [6, 6.07) is 5.17. The molecule has 0 heterocycles. The molecular formula is C23H36N4O5S. The van der Waals surface area contributed by atoms with Crippen LogP contribution < -0.4 is 21.7 Å². The second-order valence-corrected chi connectivity index (χ2v) is 8.84. The lowest BCUT2D eigenvalue weighted by molar-refractivity contribution is -0.143. The van der Waals surface area contributed by atoms with Gasteiger partial charge in [-0.05, 0) is 17.4 Å². The number of carboxylic acids is 1. The summed E-state index contributed by atoms with van der Waals surface area (Å²) in [6.07, 6.45) is 0.892. The molecule has 0 bridgehead atoms. The normalized spacial score (nSPS) is 15.6. The molecule has 0 spiro atoms. The summed E-state index contributed by atoms with van der Waals surface area (Å²) in [5, 5.41) is 17.0. The number of thiol groups is 1. The minimum atomic E-state index is -1.17. The van der Waals surface area contributed by atoms with E-state index in [0.29, 0.717) is 6.42 Å². The summed E-state index contributed by atoms with van der Waals surface area (Å²) in [4.78, 5) is 49.8. The molecule has 0 radical (unpaired) electrons. The monoisotopic (exact) mass is 480 g/mol. The van der Waals surface area contributed by atoms with Crippen LogP contribution >= 0.6 is 12.6 Å². The maximum atomic E-state index is 13.1. The van der Waals surface area contributed by atoms with E-state index in [9.17, 15) is 24.3 Å². The summed E-state index contributed by atoms with van der Waals surface area (Å²) in [5.74, 6) is -3.37. The standard InChI is InChI=1S/C23H36N4O5S/c1-5-14(4)18(24)22(30)25-16(11-15-9-7-6-8-10-15)20(28)26-17(12-33)21(29)27-19(13(2)3)23(31)32/h6-10,13-14,16-19,33H,5,11-12,24H2,1-4H3,(H,25,30)(H,26,28)(H,27,29)(H,31,32). The van der Waals surface area contributed by atoms with Gasteiger partial charge in [0, 0.05) is 12.2 Å². The highest BCUT2D eigenvalue weighted by molar-refractivity contribution is 7.80. The highest BCUT2D eigenvalue weighted by atomic mass is 32.1. The summed E-state index contributed by atoms with van der Waals surface area (Å²) >= 11 is 4.13. The van der Waals surface area contributed by atoms with Crippen molar-refractivity contribution < 1.29 is 24.3 Å². The van der Waals surface area contributed by atoms with Crippen LogP contribution in [0, 0.1) is 11.8 Å². The van der Waals surface area contributed by atoms with E-state index < -0.39 is 47.9 Å². The maximum absolute atomic E-state index is 13.1. The summed E-state index contributed by atoms with van der Waals surface area (Å²) in [5.41, 5.74) is 6.84. The topological polar surface area (TPSA) is 151 Å². The van der Waals surface area contributed by atoms with Gasteiger partial charge in [-0.15, -0.1) is 0 Å². The van der Waals surface area contributed by atoms with Crippen LogP contribution in [0.15, 0.2) is 30.3 Å². The fourth-order valence-corrected chi connectivity index (χ4v) is 3.33. The number of aliphatic carboxylic acids is 1. The first-order valence-electron chi connectivity index (χ1n) is 11.1. The molecule has 0 aliphatic heterocycles. The zero-order chi connectivity index (χ0) is 25.1. The second kappa shape index (κ2) is 13.8. The van der Waals surface area contributed by atoms with Crippen LogP contribution in [0.1, 0.15) is 39.7 Å². The van der Waals surface area contributed by atoms with Gasteiger partial charge in [0.1, 0.15) is 18.1 Å². The van der Waals surface area contributed by atoms with Gasteiger partial charge >= 0.3 is 5.97 Å². The van der Waals surface area contributed by atoms with Gasteiger partial charge in [-0.3, -0.25) is 14.4 Å². The molecule has 0 saturated heterocycles. The largest absolute Gasteiger partial charge is 0.480 e. The first-order chi connectivity index (χ1) is 15.5. The number of carbonyl (C=O) groups is 4. The molecule has 0 aromatic heterocycles. The van der Waals surface area contributed by atoms with E-state index >= 15 is 0 Å². The average molecular weight is 481 g/mol. The third-order valence-corrected chi connectivity index (χ3v) is 5.89. The Morgan fingerprint density at radius 1 is 0.939 bits per heavy atom. The first kappa shape index (κ1) is 28.4. The van der Waals surface area contributed by atoms with Crippen molar-refractivity contribution in [2.45, 2.75) is 64.7 Å². The summed E-state index contributed by atoms with van der Waals surface area (Å²) < 4.78 is 0. The van der Waals surface area contributed by atoms with Crippen LogP contribution in [-0.4, -0.2) is 58.7 Å². The van der Waals surface area contributed by atoms with Gasteiger partial charge in [-0.2, -0.15) is 12.6 Å². The average Bonchev–Trinajstić information content (AvgIpc) is 2.79. The molecule has 10 heteroatoms. The zero-order valence-electron chi connectivity index (χ0n) is 19.6. The van der Waals surface area contributed by atoms with Gasteiger partial charge in [0.2, 0.25) is 17.7 Å². The molecule has 0 aliphatic rings. The van der Waals surface area contributed by atoms with Crippen LogP contribution in [-0.2, 0) is 25.6 Å². The van der Waals surface area contributed by atoms with Gasteiger partial charge in [-0.25, -0.2) is 4.79 Å². The van der Waals surface area contributed by atoms with Crippen molar-refractivity contribution in [2.24, 2.45) is 17.6 Å².